The van der Waals surface area contributed by atoms with Gasteiger partial charge in [0.15, 0.2) is 0 Å². The smallest absolute Gasteiger partial charge is 0.320 e. The number of hydrogen-bond donors (Lipinski definition) is 0. The van der Waals surface area contributed by atoms with Gasteiger partial charge in [-0.25, -0.2) is 0 Å². The Kier molecular flexibility index (Phi) is 4.35. The van der Waals surface area contributed by atoms with Gasteiger partial charge in [0.25, 0.3) is 5.78 Å². The van der Waals surface area contributed by atoms with E-state index < -0.39 is 38.8 Å². The predicted molar refractivity (Wildman–Crippen MR) is 91.2 cm³/mol. The third-order valence-corrected chi connectivity index (χ3v) is 3.56. The molecule has 26 heavy (non-hydrogen) atoms. The maximum atomic E-state index is 12.1. The number of carbonyl (C=O) groups is 2. The fraction of sp³-hybridized carbons (Fsp3) is 0. The highest BCUT2D eigenvalue weighted by atomic mass is 16.8. The van der Waals surface area contributed by atoms with E-state index in [0.29, 0.717) is 17.2 Å². The fourth-order valence-corrected chi connectivity index (χ4v) is 2.34. The van der Waals surface area contributed by atoms with Gasteiger partial charge in [0, 0.05) is 17.3 Å². The molecule has 2 aliphatic carbocycles. The molecule has 3 rings (SSSR count). The Morgan fingerprint density at radius 2 is 1.73 bits per heavy atom. The molecule has 0 unspecified atom stereocenters. The molecule has 0 spiro atoms. The minimum Gasteiger partial charge on any atom is -0.769 e. The van der Waals surface area contributed by atoms with E-state index in [1.807, 2.05) is 0 Å². The maximum absolute atomic E-state index is 12.1. The molecule has 10 nitrogen and oxygen atoms in total. The summed E-state index contributed by atoms with van der Waals surface area (Å²) in [5.74, 6) is -1.60. The van der Waals surface area contributed by atoms with Gasteiger partial charge in [-0.15, -0.1) is 10.2 Å². The molecular formula is C16H8N4O6-2. The molecule has 1 aromatic carbocycles. The summed E-state index contributed by atoms with van der Waals surface area (Å²) in [7, 11) is 0. The summed E-state index contributed by atoms with van der Waals surface area (Å²) < 4.78 is 0. The summed E-state index contributed by atoms with van der Waals surface area (Å²) in [4.78, 5) is 34.0. The number of carbonyl (C=O) groups excluding carboxylic acids is 2. The monoisotopic (exact) mass is 352 g/mol. The molecule has 0 atom stereocenters. The van der Waals surface area contributed by atoms with Crippen LogP contribution in [0.4, 0.5) is 0 Å². The molecule has 10 heteroatoms. The van der Waals surface area contributed by atoms with E-state index >= 15 is 0 Å². The number of hydroxylamine groups is 2. The van der Waals surface area contributed by atoms with Crippen LogP contribution in [0, 0.1) is 20.5 Å². The largest absolute Gasteiger partial charge is 0.769 e. The quantitative estimate of drug-likeness (QED) is 0.452. The van der Waals surface area contributed by atoms with Crippen molar-refractivity contribution in [2.24, 2.45) is 10.2 Å². The van der Waals surface area contributed by atoms with E-state index in [9.17, 15) is 30.1 Å². The summed E-state index contributed by atoms with van der Waals surface area (Å²) in [6, 6.07) is 6.80. The second-order valence-corrected chi connectivity index (χ2v) is 5.16. The standard InChI is InChI=1S/C16H8N4O6/c21-14-6-5-9-3-1-2-4-11(9)15(14)18-17-12-7-10(19(23)24)8-13(16(12)22)20(25)26/h1-8H/q-2. The number of ketones is 2. The SMILES string of the molecule is O=C1C=Cc2ccccc2C1=NN=C1C=C(N([O-])[O-])C=C([N+](=O)[O-])C1=O. The van der Waals surface area contributed by atoms with Crippen LogP contribution in [0.5, 0.6) is 0 Å². The summed E-state index contributed by atoms with van der Waals surface area (Å²) in [5.41, 5.74) is -1.17. The second kappa shape index (κ2) is 6.63. The van der Waals surface area contributed by atoms with Gasteiger partial charge in [0.05, 0.1) is 4.92 Å². The molecular weight excluding hydrogens is 344 g/mol. The third-order valence-electron chi connectivity index (χ3n) is 3.56. The first kappa shape index (κ1) is 17.1. The average molecular weight is 352 g/mol. The van der Waals surface area contributed by atoms with E-state index in [0.717, 1.165) is 6.08 Å². The van der Waals surface area contributed by atoms with Gasteiger partial charge in [-0.1, -0.05) is 30.3 Å². The molecule has 0 heterocycles. The number of rotatable bonds is 3. The lowest BCUT2D eigenvalue weighted by molar-refractivity contribution is -0.418. The molecule has 0 amide bonds. The first-order valence-corrected chi connectivity index (χ1v) is 7.13. The lowest BCUT2D eigenvalue weighted by Gasteiger charge is -2.38. The summed E-state index contributed by atoms with van der Waals surface area (Å²) in [5, 5.41) is 39.1. The topological polar surface area (TPSA) is 151 Å². The Labute approximate surface area is 145 Å². The third kappa shape index (κ3) is 3.09. The zero-order valence-electron chi connectivity index (χ0n) is 12.9. The molecule has 2 aliphatic rings. The lowest BCUT2D eigenvalue weighted by atomic mass is 9.95. The van der Waals surface area contributed by atoms with Crippen molar-refractivity contribution in [1.29, 1.82) is 0 Å². The van der Waals surface area contributed by atoms with Crippen LogP contribution in [0.2, 0.25) is 0 Å². The van der Waals surface area contributed by atoms with Crippen molar-refractivity contribution in [1.82, 2.24) is 5.23 Å². The van der Waals surface area contributed by atoms with Crippen molar-refractivity contribution < 1.29 is 14.5 Å². The Balaban J connectivity index is 2.07. The van der Waals surface area contributed by atoms with Crippen molar-refractivity contribution in [2.75, 3.05) is 0 Å². The van der Waals surface area contributed by atoms with E-state index in [1.54, 1.807) is 30.3 Å². The molecule has 1 aromatic rings. The van der Waals surface area contributed by atoms with Crippen molar-refractivity contribution >= 4 is 29.1 Å². The van der Waals surface area contributed by atoms with Crippen molar-refractivity contribution in [3.05, 3.63) is 85.5 Å². The van der Waals surface area contributed by atoms with Gasteiger partial charge in [-0.3, -0.25) is 19.7 Å². The average Bonchev–Trinajstić information content (AvgIpc) is 2.61. The number of nitrogens with zero attached hydrogens (tertiary/aromatic N) is 4. The Morgan fingerprint density at radius 1 is 1.00 bits per heavy atom. The molecule has 0 radical (unpaired) electrons. The van der Waals surface area contributed by atoms with Gasteiger partial charge < -0.3 is 15.6 Å². The number of allylic oxidation sites excluding steroid dienone is 4. The molecule has 0 saturated heterocycles. The highest BCUT2D eigenvalue weighted by Gasteiger charge is 2.30. The van der Waals surface area contributed by atoms with Crippen LogP contribution < -0.4 is 0 Å². The summed E-state index contributed by atoms with van der Waals surface area (Å²) in [6.07, 6.45) is 4.19. The van der Waals surface area contributed by atoms with Crippen molar-refractivity contribution in [3.8, 4) is 0 Å². The number of nitro groups is 1. The second-order valence-electron chi connectivity index (χ2n) is 5.16. The number of benzene rings is 1. The number of hydrogen-bond acceptors (Lipinski definition) is 9. The Morgan fingerprint density at radius 3 is 2.42 bits per heavy atom. The molecule has 130 valence electrons. The Bertz CT molecular complexity index is 984. The molecule has 0 aliphatic heterocycles. The van der Waals surface area contributed by atoms with Crippen LogP contribution in [0.15, 0.2) is 64.1 Å². The van der Waals surface area contributed by atoms with Crippen LogP contribution >= 0.6 is 0 Å². The normalized spacial score (nSPS) is 19.3. The maximum Gasteiger partial charge on any atom is 0.320 e. The van der Waals surface area contributed by atoms with Gasteiger partial charge in [-0.05, 0) is 17.7 Å². The van der Waals surface area contributed by atoms with Gasteiger partial charge in [0.2, 0.25) is 5.78 Å². The van der Waals surface area contributed by atoms with Gasteiger partial charge >= 0.3 is 5.70 Å². The zero-order valence-corrected chi connectivity index (χ0v) is 12.9. The van der Waals surface area contributed by atoms with Gasteiger partial charge in [-0.2, -0.15) is 0 Å². The van der Waals surface area contributed by atoms with Crippen LogP contribution in [-0.4, -0.2) is 33.1 Å². The number of fused-ring (bicyclic) bond motifs is 1. The van der Waals surface area contributed by atoms with E-state index in [2.05, 4.69) is 10.2 Å². The first-order chi connectivity index (χ1) is 12.4. The zero-order chi connectivity index (χ0) is 18.8. The number of Topliss-reactive ketones (excluding diaryl/α,β-unsaturated/α-hetero) is 1. The highest BCUT2D eigenvalue weighted by molar-refractivity contribution is 6.53. The van der Waals surface area contributed by atoms with Crippen molar-refractivity contribution in [3.63, 3.8) is 0 Å². The van der Waals surface area contributed by atoms with E-state index in [1.165, 1.54) is 6.08 Å². The minimum absolute atomic E-state index is 0.0725. The molecule has 0 N–H and O–H groups in total. The van der Waals surface area contributed by atoms with Crippen LogP contribution in [0.25, 0.3) is 6.08 Å². The molecule has 0 aromatic heterocycles. The van der Waals surface area contributed by atoms with Gasteiger partial charge in [0.1, 0.15) is 11.4 Å². The fourth-order valence-electron chi connectivity index (χ4n) is 2.34. The Hall–Kier alpha value is -3.76. The molecule has 0 saturated carbocycles. The van der Waals surface area contributed by atoms with Crippen LogP contribution in [0.3, 0.4) is 0 Å². The highest BCUT2D eigenvalue weighted by Crippen LogP contribution is 2.19. The predicted octanol–water partition coefficient (Wildman–Crippen LogP) is 1.35. The van der Waals surface area contributed by atoms with Crippen LogP contribution in [-0.2, 0) is 9.59 Å². The molecule has 0 fully saturated rings. The minimum atomic E-state index is -1.13. The van der Waals surface area contributed by atoms with E-state index in [4.69, 9.17) is 0 Å². The summed E-state index contributed by atoms with van der Waals surface area (Å²) >= 11 is 0. The lowest BCUT2D eigenvalue weighted by Crippen LogP contribution is -2.26. The first-order valence-electron chi connectivity index (χ1n) is 7.13. The van der Waals surface area contributed by atoms with E-state index in [-0.39, 0.29) is 5.71 Å². The molecule has 0 bridgehead atoms. The van der Waals surface area contributed by atoms with Crippen LogP contribution in [0.1, 0.15) is 11.1 Å². The van der Waals surface area contributed by atoms with Crippen molar-refractivity contribution in [2.45, 2.75) is 0 Å². The summed E-state index contributed by atoms with van der Waals surface area (Å²) in [6.45, 7) is 0.